The third-order valence-electron chi connectivity index (χ3n) is 4.26. The number of carbonyl (C=O) groups excluding carboxylic acids is 1. The number of aliphatic hydroxyl groups is 1. The van der Waals surface area contributed by atoms with Crippen molar-refractivity contribution in [1.82, 2.24) is 5.32 Å². The van der Waals surface area contributed by atoms with Crippen molar-refractivity contribution >= 4 is 5.91 Å². The molecular weight excluding hydrogens is 304 g/mol. The van der Waals surface area contributed by atoms with Crippen LogP contribution >= 0.6 is 0 Å². The Morgan fingerprint density at radius 2 is 2.04 bits per heavy atom. The Hall–Kier alpha value is -1.69. The molecule has 23 heavy (non-hydrogen) atoms. The maximum atomic E-state index is 13.4. The summed E-state index contributed by atoms with van der Waals surface area (Å²) in [6, 6.07) is 2.86. The van der Waals surface area contributed by atoms with Gasteiger partial charge in [-0.15, -0.1) is 0 Å². The highest BCUT2D eigenvalue weighted by molar-refractivity contribution is 5.77. The van der Waals surface area contributed by atoms with Gasteiger partial charge in [-0.05, 0) is 37.3 Å². The molecule has 0 aromatic heterocycles. The van der Waals surface area contributed by atoms with Gasteiger partial charge in [-0.25, -0.2) is 8.78 Å². The molecule has 0 aliphatic heterocycles. The molecule has 0 heterocycles. The van der Waals surface area contributed by atoms with Crippen molar-refractivity contribution in [2.45, 2.75) is 44.6 Å². The van der Waals surface area contributed by atoms with Gasteiger partial charge in [0, 0.05) is 18.7 Å². The van der Waals surface area contributed by atoms with E-state index in [2.05, 4.69) is 5.32 Å². The number of rotatable bonds is 7. The van der Waals surface area contributed by atoms with Gasteiger partial charge >= 0.3 is 0 Å². The van der Waals surface area contributed by atoms with E-state index in [4.69, 9.17) is 4.74 Å². The lowest BCUT2D eigenvalue weighted by Gasteiger charge is -2.30. The van der Waals surface area contributed by atoms with Crippen molar-refractivity contribution in [3.63, 3.8) is 0 Å². The second-order valence-electron chi connectivity index (χ2n) is 5.95. The van der Waals surface area contributed by atoms with E-state index in [0.717, 1.165) is 37.8 Å². The number of nitrogens with one attached hydrogen (secondary N) is 1. The van der Waals surface area contributed by atoms with Gasteiger partial charge in [0.1, 0.15) is 5.82 Å². The Labute approximate surface area is 134 Å². The first-order valence-electron chi connectivity index (χ1n) is 8.08. The number of carbonyl (C=O) groups is 1. The topological polar surface area (TPSA) is 58.6 Å². The molecule has 0 bridgehead atoms. The first-order valence-corrected chi connectivity index (χ1v) is 8.08. The number of aliphatic hydroxyl groups excluding tert-OH is 1. The summed E-state index contributed by atoms with van der Waals surface area (Å²) in [6.45, 7) is -0.327. The summed E-state index contributed by atoms with van der Waals surface area (Å²) in [7, 11) is 0. The highest BCUT2D eigenvalue weighted by Gasteiger charge is 2.24. The smallest absolute Gasteiger partial charge is 0.258 e. The minimum atomic E-state index is -0.836. The van der Waals surface area contributed by atoms with Crippen molar-refractivity contribution in [3.8, 4) is 5.75 Å². The Bertz CT molecular complexity index is 519. The summed E-state index contributed by atoms with van der Waals surface area (Å²) in [5.41, 5.74) is 0. The Morgan fingerprint density at radius 3 is 2.70 bits per heavy atom. The van der Waals surface area contributed by atoms with Crippen molar-refractivity contribution < 1.29 is 23.4 Å². The number of halogens is 2. The predicted octanol–water partition coefficient (Wildman–Crippen LogP) is 2.79. The minimum absolute atomic E-state index is 0.00882. The summed E-state index contributed by atoms with van der Waals surface area (Å²) in [5.74, 6) is -1.69. The summed E-state index contributed by atoms with van der Waals surface area (Å²) < 4.78 is 31.4. The zero-order chi connectivity index (χ0) is 16.7. The molecule has 6 heteroatoms. The molecule has 0 radical (unpaired) electrons. The monoisotopic (exact) mass is 327 g/mol. The number of amides is 1. The Kier molecular flexibility index (Phi) is 6.77. The second kappa shape index (κ2) is 8.82. The number of hydrogen-bond donors (Lipinski definition) is 2. The molecular formula is C17H23F2NO3. The summed E-state index contributed by atoms with van der Waals surface area (Å²) >= 11 is 0. The van der Waals surface area contributed by atoms with E-state index in [1.54, 1.807) is 0 Å². The van der Waals surface area contributed by atoms with Gasteiger partial charge in [0.25, 0.3) is 5.91 Å². The van der Waals surface area contributed by atoms with E-state index < -0.39 is 11.6 Å². The first-order chi connectivity index (χ1) is 11.1. The lowest BCUT2D eigenvalue weighted by Crippen LogP contribution is -2.43. The largest absolute Gasteiger partial charge is 0.481 e. The van der Waals surface area contributed by atoms with Gasteiger partial charge in [0.05, 0.1) is 0 Å². The van der Waals surface area contributed by atoms with Crippen LogP contribution in [-0.2, 0) is 4.79 Å². The number of ether oxygens (including phenoxy) is 1. The van der Waals surface area contributed by atoms with Gasteiger partial charge in [-0.1, -0.05) is 19.3 Å². The Balaban J connectivity index is 1.85. The fourth-order valence-corrected chi connectivity index (χ4v) is 3.09. The average molecular weight is 327 g/mol. The van der Waals surface area contributed by atoms with E-state index >= 15 is 0 Å². The lowest BCUT2D eigenvalue weighted by atomic mass is 9.83. The van der Waals surface area contributed by atoms with Crippen LogP contribution in [0.15, 0.2) is 18.2 Å². The minimum Gasteiger partial charge on any atom is -0.481 e. The van der Waals surface area contributed by atoms with Crippen LogP contribution in [0.3, 0.4) is 0 Å². The van der Waals surface area contributed by atoms with Crippen molar-refractivity contribution in [2.75, 3.05) is 13.2 Å². The van der Waals surface area contributed by atoms with Gasteiger partial charge < -0.3 is 15.2 Å². The quantitative estimate of drug-likeness (QED) is 0.810. The van der Waals surface area contributed by atoms with Crippen molar-refractivity contribution in [2.24, 2.45) is 5.92 Å². The standard InChI is InChI=1S/C17H23F2NO3/c18-13-6-7-16(14(19)10-13)23-11-17(22)20-15(8-9-21)12-4-2-1-3-5-12/h6-7,10,12,15,21H,1-5,8-9,11H2,(H,20,22). The molecule has 128 valence electrons. The van der Waals surface area contributed by atoms with Crippen LogP contribution in [0.2, 0.25) is 0 Å². The lowest BCUT2D eigenvalue weighted by molar-refractivity contribution is -0.124. The fourth-order valence-electron chi connectivity index (χ4n) is 3.09. The SMILES string of the molecule is O=C(COc1ccc(F)cc1F)NC(CCO)C1CCCCC1. The molecule has 0 saturated heterocycles. The molecule has 1 amide bonds. The summed E-state index contributed by atoms with van der Waals surface area (Å²) in [6.07, 6.45) is 6.07. The summed E-state index contributed by atoms with van der Waals surface area (Å²) in [4.78, 5) is 12.0. The van der Waals surface area contributed by atoms with E-state index in [0.29, 0.717) is 18.4 Å². The molecule has 1 fully saturated rings. The van der Waals surface area contributed by atoms with Gasteiger partial charge in [0.15, 0.2) is 18.2 Å². The van der Waals surface area contributed by atoms with E-state index in [1.165, 1.54) is 6.42 Å². The zero-order valence-electron chi connectivity index (χ0n) is 13.1. The van der Waals surface area contributed by atoms with E-state index in [9.17, 15) is 18.7 Å². The molecule has 1 saturated carbocycles. The van der Waals surface area contributed by atoms with Gasteiger partial charge in [0.2, 0.25) is 0 Å². The van der Waals surface area contributed by atoms with Crippen molar-refractivity contribution in [3.05, 3.63) is 29.8 Å². The van der Waals surface area contributed by atoms with Crippen LogP contribution in [0.4, 0.5) is 8.78 Å². The average Bonchev–Trinajstić information content (AvgIpc) is 2.54. The van der Waals surface area contributed by atoms with Crippen LogP contribution in [0.25, 0.3) is 0 Å². The van der Waals surface area contributed by atoms with Crippen LogP contribution < -0.4 is 10.1 Å². The van der Waals surface area contributed by atoms with Crippen LogP contribution in [0.5, 0.6) is 5.75 Å². The van der Waals surface area contributed by atoms with Gasteiger partial charge in [-0.3, -0.25) is 4.79 Å². The summed E-state index contributed by atoms with van der Waals surface area (Å²) in [5, 5.41) is 12.1. The molecule has 1 aromatic rings. The zero-order valence-corrected chi connectivity index (χ0v) is 13.1. The predicted molar refractivity (Wildman–Crippen MR) is 82.1 cm³/mol. The van der Waals surface area contributed by atoms with E-state index in [-0.39, 0.29) is 30.9 Å². The van der Waals surface area contributed by atoms with Crippen LogP contribution in [-0.4, -0.2) is 30.3 Å². The first kappa shape index (κ1) is 17.7. The second-order valence-corrected chi connectivity index (χ2v) is 5.95. The number of hydrogen-bond acceptors (Lipinski definition) is 3. The van der Waals surface area contributed by atoms with Crippen LogP contribution in [0, 0.1) is 17.6 Å². The normalized spacial score (nSPS) is 16.8. The fraction of sp³-hybridized carbons (Fsp3) is 0.588. The molecule has 1 atom stereocenters. The molecule has 1 aliphatic rings. The maximum Gasteiger partial charge on any atom is 0.258 e. The molecule has 1 aliphatic carbocycles. The third-order valence-corrected chi connectivity index (χ3v) is 4.26. The van der Waals surface area contributed by atoms with E-state index in [1.807, 2.05) is 0 Å². The Morgan fingerprint density at radius 1 is 1.30 bits per heavy atom. The molecule has 4 nitrogen and oxygen atoms in total. The highest BCUT2D eigenvalue weighted by Crippen LogP contribution is 2.27. The highest BCUT2D eigenvalue weighted by atomic mass is 19.1. The number of benzene rings is 1. The van der Waals surface area contributed by atoms with Gasteiger partial charge in [-0.2, -0.15) is 0 Å². The molecule has 0 spiro atoms. The third kappa shape index (κ3) is 5.46. The molecule has 1 unspecified atom stereocenters. The van der Waals surface area contributed by atoms with Crippen molar-refractivity contribution in [1.29, 1.82) is 0 Å². The maximum absolute atomic E-state index is 13.4. The molecule has 2 N–H and O–H groups in total. The molecule has 2 rings (SSSR count). The van der Waals surface area contributed by atoms with Crippen LogP contribution in [0.1, 0.15) is 38.5 Å². The molecule has 1 aromatic carbocycles.